The van der Waals surface area contributed by atoms with E-state index in [1.807, 2.05) is 0 Å². The Bertz CT molecular complexity index is 511. The maximum Gasteiger partial charge on any atom is 0.416 e. The third-order valence-electron chi connectivity index (χ3n) is 2.49. The van der Waals surface area contributed by atoms with Gasteiger partial charge >= 0.3 is 6.18 Å². The molecule has 1 atom stereocenters. The number of alkyl halides is 3. The van der Waals surface area contributed by atoms with Crippen LogP contribution in [0.2, 0.25) is 0 Å². The first kappa shape index (κ1) is 13.0. The van der Waals surface area contributed by atoms with Gasteiger partial charge in [-0.15, -0.1) is 11.3 Å². The monoisotopic (exact) mass is 273 g/mol. The average molecular weight is 273 g/mol. The molecule has 0 bridgehead atoms. The summed E-state index contributed by atoms with van der Waals surface area (Å²) in [4.78, 5) is 8.39. The Morgan fingerprint density at radius 1 is 1.28 bits per heavy atom. The lowest BCUT2D eigenvalue weighted by Gasteiger charge is -2.19. The first-order valence-corrected chi connectivity index (χ1v) is 5.98. The van der Waals surface area contributed by atoms with E-state index in [1.54, 1.807) is 18.8 Å². The number of rotatable bonds is 3. The molecule has 1 unspecified atom stereocenters. The van der Waals surface area contributed by atoms with E-state index in [0.717, 1.165) is 17.1 Å². The minimum atomic E-state index is -4.39. The number of halogens is 3. The number of hydrogen-bond donors (Lipinski definition) is 1. The second-order valence-electron chi connectivity index (χ2n) is 3.59. The van der Waals surface area contributed by atoms with Crippen molar-refractivity contribution in [2.75, 3.05) is 7.05 Å². The van der Waals surface area contributed by atoms with E-state index in [1.165, 1.54) is 17.5 Å². The van der Waals surface area contributed by atoms with E-state index in [-0.39, 0.29) is 5.56 Å². The summed E-state index contributed by atoms with van der Waals surface area (Å²) in [5, 5.41) is 2.86. The molecular weight excluding hydrogens is 263 g/mol. The van der Waals surface area contributed by atoms with Crippen LogP contribution in [0.4, 0.5) is 13.2 Å². The van der Waals surface area contributed by atoms with Crippen LogP contribution in [0, 0.1) is 0 Å². The second kappa shape index (κ2) is 5.03. The molecule has 1 N–H and O–H groups in total. The van der Waals surface area contributed by atoms with Gasteiger partial charge in [-0.25, -0.2) is 0 Å². The highest BCUT2D eigenvalue weighted by Crippen LogP contribution is 2.36. The Morgan fingerprint density at radius 2 is 2.06 bits per heavy atom. The van der Waals surface area contributed by atoms with Crippen molar-refractivity contribution in [2.24, 2.45) is 0 Å². The Hall–Kier alpha value is -1.47. The maximum absolute atomic E-state index is 12.9. The van der Waals surface area contributed by atoms with Gasteiger partial charge in [0.05, 0.1) is 17.1 Å². The van der Waals surface area contributed by atoms with Gasteiger partial charge in [0.15, 0.2) is 0 Å². The Labute approximate surface area is 106 Å². The maximum atomic E-state index is 12.9. The van der Waals surface area contributed by atoms with Crippen LogP contribution in [0.1, 0.15) is 22.0 Å². The summed E-state index contributed by atoms with van der Waals surface area (Å²) in [7, 11) is 1.61. The minimum absolute atomic E-state index is 0.108. The van der Waals surface area contributed by atoms with Gasteiger partial charge in [0.25, 0.3) is 0 Å². The van der Waals surface area contributed by atoms with Gasteiger partial charge < -0.3 is 5.32 Å². The number of nitrogens with one attached hydrogen (secondary N) is 1. The highest BCUT2D eigenvalue weighted by molar-refractivity contribution is 7.09. The van der Waals surface area contributed by atoms with E-state index in [4.69, 9.17) is 0 Å². The first-order chi connectivity index (χ1) is 8.54. The van der Waals surface area contributed by atoms with Crippen LogP contribution < -0.4 is 5.32 Å². The SMILES string of the molecule is CNC(c1cncs1)c1cnccc1C(F)(F)F. The number of thiazole rings is 1. The fourth-order valence-electron chi connectivity index (χ4n) is 1.71. The summed E-state index contributed by atoms with van der Waals surface area (Å²) in [5.41, 5.74) is 1.02. The summed E-state index contributed by atoms with van der Waals surface area (Å²) < 4.78 is 38.8. The van der Waals surface area contributed by atoms with Crippen LogP contribution in [-0.2, 0) is 6.18 Å². The topological polar surface area (TPSA) is 37.8 Å². The third kappa shape index (κ3) is 2.51. The van der Waals surface area contributed by atoms with E-state index < -0.39 is 17.8 Å². The van der Waals surface area contributed by atoms with Gasteiger partial charge in [-0.3, -0.25) is 9.97 Å². The van der Waals surface area contributed by atoms with Crippen LogP contribution >= 0.6 is 11.3 Å². The molecule has 2 aromatic rings. The van der Waals surface area contributed by atoms with Crippen molar-refractivity contribution in [1.82, 2.24) is 15.3 Å². The quantitative estimate of drug-likeness (QED) is 0.934. The molecule has 0 saturated heterocycles. The smallest absolute Gasteiger partial charge is 0.309 e. The standard InChI is InChI=1S/C11H10F3N3S/c1-15-10(9-5-17-6-18-9)7-4-16-3-2-8(7)11(12,13)14/h2-6,10,15H,1H3. The summed E-state index contributed by atoms with van der Waals surface area (Å²) in [6.45, 7) is 0. The third-order valence-corrected chi connectivity index (χ3v) is 3.33. The molecule has 0 radical (unpaired) electrons. The Kier molecular flexibility index (Phi) is 3.63. The molecule has 96 valence electrons. The predicted octanol–water partition coefficient (Wildman–Crippen LogP) is 2.87. The fourth-order valence-corrected chi connectivity index (χ4v) is 2.46. The van der Waals surface area contributed by atoms with Gasteiger partial charge in [-0.2, -0.15) is 13.2 Å². The van der Waals surface area contributed by atoms with Crippen molar-refractivity contribution < 1.29 is 13.2 Å². The van der Waals surface area contributed by atoms with Crippen molar-refractivity contribution in [1.29, 1.82) is 0 Å². The molecule has 0 aliphatic heterocycles. The number of pyridine rings is 1. The Balaban J connectivity index is 2.50. The molecule has 2 aromatic heterocycles. The molecule has 0 saturated carbocycles. The highest BCUT2D eigenvalue weighted by Gasteiger charge is 2.35. The van der Waals surface area contributed by atoms with E-state index in [2.05, 4.69) is 15.3 Å². The zero-order valence-corrected chi connectivity index (χ0v) is 10.2. The molecule has 0 fully saturated rings. The summed E-state index contributed by atoms with van der Waals surface area (Å²) >= 11 is 1.30. The molecule has 7 heteroatoms. The lowest BCUT2D eigenvalue weighted by atomic mass is 10.0. The van der Waals surface area contributed by atoms with E-state index >= 15 is 0 Å². The lowest BCUT2D eigenvalue weighted by molar-refractivity contribution is -0.138. The zero-order chi connectivity index (χ0) is 13.2. The molecule has 2 rings (SSSR count). The van der Waals surface area contributed by atoms with Crippen LogP contribution in [0.5, 0.6) is 0 Å². The van der Waals surface area contributed by atoms with Crippen molar-refractivity contribution >= 4 is 11.3 Å². The predicted molar refractivity (Wildman–Crippen MR) is 62.3 cm³/mol. The summed E-state index contributed by atoms with van der Waals surface area (Å²) in [6.07, 6.45) is -0.452. The molecule has 0 aliphatic carbocycles. The summed E-state index contributed by atoms with van der Waals surface area (Å²) in [5.74, 6) is 0. The van der Waals surface area contributed by atoms with Gasteiger partial charge in [-0.1, -0.05) is 0 Å². The van der Waals surface area contributed by atoms with Crippen LogP contribution in [-0.4, -0.2) is 17.0 Å². The molecule has 0 aromatic carbocycles. The number of aromatic nitrogens is 2. The molecule has 18 heavy (non-hydrogen) atoms. The molecule has 3 nitrogen and oxygen atoms in total. The van der Waals surface area contributed by atoms with Crippen molar-refractivity contribution in [3.63, 3.8) is 0 Å². The molecule has 0 aliphatic rings. The molecule has 0 spiro atoms. The van der Waals surface area contributed by atoms with Gasteiger partial charge in [-0.05, 0) is 13.1 Å². The molecule has 0 amide bonds. The Morgan fingerprint density at radius 3 is 2.61 bits per heavy atom. The van der Waals surface area contributed by atoms with Crippen molar-refractivity contribution in [3.05, 3.63) is 46.2 Å². The van der Waals surface area contributed by atoms with E-state index in [0.29, 0.717) is 0 Å². The van der Waals surface area contributed by atoms with Gasteiger partial charge in [0, 0.05) is 29.0 Å². The van der Waals surface area contributed by atoms with Crippen molar-refractivity contribution in [2.45, 2.75) is 12.2 Å². The first-order valence-electron chi connectivity index (χ1n) is 5.10. The normalized spacial score (nSPS) is 13.6. The molecule has 2 heterocycles. The zero-order valence-electron chi connectivity index (χ0n) is 9.40. The van der Waals surface area contributed by atoms with Crippen molar-refractivity contribution in [3.8, 4) is 0 Å². The average Bonchev–Trinajstić information content (AvgIpc) is 2.83. The second-order valence-corrected chi connectivity index (χ2v) is 4.50. The van der Waals surface area contributed by atoms with Crippen LogP contribution in [0.25, 0.3) is 0 Å². The summed E-state index contributed by atoms with van der Waals surface area (Å²) in [6, 6.07) is 0.434. The molecular formula is C11H10F3N3S. The largest absolute Gasteiger partial charge is 0.416 e. The lowest BCUT2D eigenvalue weighted by Crippen LogP contribution is -2.21. The van der Waals surface area contributed by atoms with E-state index in [9.17, 15) is 13.2 Å². The highest BCUT2D eigenvalue weighted by atomic mass is 32.1. The number of nitrogens with zero attached hydrogens (tertiary/aromatic N) is 2. The fraction of sp³-hybridized carbons (Fsp3) is 0.273. The minimum Gasteiger partial charge on any atom is -0.309 e. The van der Waals surface area contributed by atoms with Crippen LogP contribution in [0.15, 0.2) is 30.2 Å². The van der Waals surface area contributed by atoms with Gasteiger partial charge in [0.2, 0.25) is 0 Å². The van der Waals surface area contributed by atoms with Gasteiger partial charge in [0.1, 0.15) is 0 Å². The number of hydrogen-bond acceptors (Lipinski definition) is 4. The van der Waals surface area contributed by atoms with Crippen LogP contribution in [0.3, 0.4) is 0 Å².